The third-order valence-electron chi connectivity index (χ3n) is 3.69. The van der Waals surface area contributed by atoms with E-state index < -0.39 is 11.6 Å². The van der Waals surface area contributed by atoms with Gasteiger partial charge in [-0.2, -0.15) is 0 Å². The Morgan fingerprint density at radius 1 is 1.08 bits per heavy atom. The van der Waals surface area contributed by atoms with Crippen LogP contribution in [0.1, 0.15) is 5.56 Å². The quantitative estimate of drug-likeness (QED) is 0.551. The molecule has 0 unspecified atom stereocenters. The second kappa shape index (κ2) is 6.86. The van der Waals surface area contributed by atoms with E-state index in [1.807, 2.05) is 6.92 Å². The molecule has 3 rings (SSSR count). The maximum atomic E-state index is 14.2. The zero-order valence-corrected chi connectivity index (χ0v) is 14.6. The van der Waals surface area contributed by atoms with Crippen LogP contribution < -0.4 is 11.1 Å². The number of rotatable bonds is 3. The molecule has 1 aromatic heterocycles. The van der Waals surface area contributed by atoms with Crippen LogP contribution in [0.5, 0.6) is 0 Å². The van der Waals surface area contributed by atoms with E-state index in [1.54, 1.807) is 18.3 Å². The van der Waals surface area contributed by atoms with E-state index in [0.29, 0.717) is 16.9 Å². The summed E-state index contributed by atoms with van der Waals surface area (Å²) >= 11 is 12.0. The number of aromatic nitrogens is 1. The number of nitrogen functional groups attached to an aromatic ring is 1. The lowest BCUT2D eigenvalue weighted by Gasteiger charge is -2.16. The summed E-state index contributed by atoms with van der Waals surface area (Å²) in [6.07, 6.45) is 1.57. The molecule has 0 saturated heterocycles. The first-order valence-corrected chi connectivity index (χ1v) is 8.05. The molecular weight excluding hydrogens is 367 g/mol. The number of nitrogens with one attached hydrogen (secondary N) is 1. The summed E-state index contributed by atoms with van der Waals surface area (Å²) in [5, 5.41) is 3.31. The van der Waals surface area contributed by atoms with E-state index in [2.05, 4.69) is 10.3 Å². The standard InChI is InChI=1S/C18H13Cl2F2N3/c1-9-4-5-24-18(16(9)12-3-2-11(21)8-13(12)20)25-17-14(22)6-10(19)7-15(17)23/h2-8H,23H2,1H3,(H,24,25). The van der Waals surface area contributed by atoms with Crippen molar-refractivity contribution in [2.75, 3.05) is 11.1 Å². The van der Waals surface area contributed by atoms with Crippen molar-refractivity contribution in [3.63, 3.8) is 0 Å². The van der Waals surface area contributed by atoms with Crippen LogP contribution in [0, 0.1) is 18.6 Å². The van der Waals surface area contributed by atoms with Crippen molar-refractivity contribution in [1.82, 2.24) is 4.98 Å². The van der Waals surface area contributed by atoms with E-state index in [4.69, 9.17) is 28.9 Å². The van der Waals surface area contributed by atoms with Gasteiger partial charge in [-0.05, 0) is 48.9 Å². The lowest BCUT2D eigenvalue weighted by Crippen LogP contribution is -2.03. The van der Waals surface area contributed by atoms with Crippen LogP contribution in [-0.2, 0) is 0 Å². The number of aryl methyl sites for hydroxylation is 1. The molecule has 25 heavy (non-hydrogen) atoms. The Hall–Kier alpha value is -2.37. The molecule has 1 heterocycles. The van der Waals surface area contributed by atoms with Crippen molar-refractivity contribution in [2.24, 2.45) is 0 Å². The summed E-state index contributed by atoms with van der Waals surface area (Å²) in [5.41, 5.74) is 8.09. The molecule has 0 aliphatic heterocycles. The number of halogens is 4. The molecule has 0 amide bonds. The third kappa shape index (κ3) is 3.52. The second-order valence-electron chi connectivity index (χ2n) is 5.45. The Morgan fingerprint density at radius 3 is 2.52 bits per heavy atom. The first-order chi connectivity index (χ1) is 11.9. The Kier molecular flexibility index (Phi) is 4.79. The number of anilines is 3. The van der Waals surface area contributed by atoms with Crippen molar-refractivity contribution >= 4 is 40.4 Å². The van der Waals surface area contributed by atoms with Crippen molar-refractivity contribution in [2.45, 2.75) is 6.92 Å². The van der Waals surface area contributed by atoms with E-state index in [1.165, 1.54) is 18.2 Å². The molecule has 0 saturated carbocycles. The first-order valence-electron chi connectivity index (χ1n) is 7.29. The summed E-state index contributed by atoms with van der Waals surface area (Å²) < 4.78 is 27.6. The van der Waals surface area contributed by atoms with Crippen molar-refractivity contribution in [3.05, 3.63) is 69.8 Å². The fourth-order valence-electron chi connectivity index (χ4n) is 2.53. The monoisotopic (exact) mass is 379 g/mol. The van der Waals surface area contributed by atoms with Crippen LogP contribution in [0.4, 0.5) is 26.0 Å². The Labute approximate surface area is 153 Å². The minimum absolute atomic E-state index is 0.0574. The number of pyridine rings is 1. The zero-order valence-electron chi connectivity index (χ0n) is 13.1. The van der Waals surface area contributed by atoms with Gasteiger partial charge in [0.2, 0.25) is 0 Å². The van der Waals surface area contributed by atoms with Crippen molar-refractivity contribution in [3.8, 4) is 11.1 Å². The summed E-state index contributed by atoms with van der Waals surface area (Å²) in [5.74, 6) is -0.705. The van der Waals surface area contributed by atoms with Gasteiger partial charge in [0, 0.05) is 22.3 Å². The summed E-state index contributed by atoms with van der Waals surface area (Å²) in [7, 11) is 0. The van der Waals surface area contributed by atoms with E-state index in [-0.39, 0.29) is 21.4 Å². The third-order valence-corrected chi connectivity index (χ3v) is 4.22. The van der Waals surface area contributed by atoms with Gasteiger partial charge < -0.3 is 11.1 Å². The van der Waals surface area contributed by atoms with E-state index in [9.17, 15) is 8.78 Å². The molecule has 0 radical (unpaired) electrons. The van der Waals surface area contributed by atoms with Crippen molar-refractivity contribution < 1.29 is 8.78 Å². The number of hydrogen-bond acceptors (Lipinski definition) is 3. The molecule has 0 spiro atoms. The highest BCUT2D eigenvalue weighted by molar-refractivity contribution is 6.33. The van der Waals surface area contributed by atoms with Gasteiger partial charge in [0.1, 0.15) is 17.5 Å². The van der Waals surface area contributed by atoms with Crippen LogP contribution in [0.15, 0.2) is 42.6 Å². The van der Waals surface area contributed by atoms with Gasteiger partial charge in [-0.1, -0.05) is 23.2 Å². The molecule has 3 aromatic rings. The lowest BCUT2D eigenvalue weighted by molar-refractivity contribution is 0.628. The fraction of sp³-hybridized carbons (Fsp3) is 0.0556. The molecule has 0 fully saturated rings. The Morgan fingerprint density at radius 2 is 1.84 bits per heavy atom. The van der Waals surface area contributed by atoms with Crippen LogP contribution in [0.3, 0.4) is 0 Å². The van der Waals surface area contributed by atoms with Gasteiger partial charge in [-0.15, -0.1) is 0 Å². The zero-order chi connectivity index (χ0) is 18.1. The van der Waals surface area contributed by atoms with Crippen LogP contribution in [-0.4, -0.2) is 4.98 Å². The van der Waals surface area contributed by atoms with Gasteiger partial charge in [-0.3, -0.25) is 0 Å². The maximum Gasteiger partial charge on any atom is 0.150 e. The van der Waals surface area contributed by atoms with Crippen LogP contribution in [0.25, 0.3) is 11.1 Å². The molecule has 128 valence electrons. The largest absolute Gasteiger partial charge is 0.397 e. The van der Waals surface area contributed by atoms with Crippen molar-refractivity contribution in [1.29, 1.82) is 0 Å². The highest BCUT2D eigenvalue weighted by Gasteiger charge is 2.16. The number of hydrogen-bond donors (Lipinski definition) is 2. The molecule has 3 N–H and O–H groups in total. The van der Waals surface area contributed by atoms with E-state index in [0.717, 1.165) is 11.6 Å². The predicted molar refractivity (Wildman–Crippen MR) is 98.5 cm³/mol. The maximum absolute atomic E-state index is 14.2. The van der Waals surface area contributed by atoms with Gasteiger partial charge >= 0.3 is 0 Å². The average molecular weight is 380 g/mol. The first kappa shape index (κ1) is 17.5. The summed E-state index contributed by atoms with van der Waals surface area (Å²) in [6, 6.07) is 8.43. The molecule has 7 heteroatoms. The SMILES string of the molecule is Cc1ccnc(Nc2c(N)cc(Cl)cc2F)c1-c1ccc(F)cc1Cl. The molecule has 0 aliphatic carbocycles. The summed E-state index contributed by atoms with van der Waals surface area (Å²) in [6.45, 7) is 1.85. The van der Waals surface area contributed by atoms with Gasteiger partial charge in [-0.25, -0.2) is 13.8 Å². The van der Waals surface area contributed by atoms with Crippen LogP contribution >= 0.6 is 23.2 Å². The average Bonchev–Trinajstić information content (AvgIpc) is 2.52. The molecular formula is C18H13Cl2F2N3. The molecule has 2 aromatic carbocycles. The smallest absolute Gasteiger partial charge is 0.150 e. The minimum Gasteiger partial charge on any atom is -0.397 e. The fourth-order valence-corrected chi connectivity index (χ4v) is 3.00. The highest BCUT2D eigenvalue weighted by Crippen LogP contribution is 2.38. The van der Waals surface area contributed by atoms with Gasteiger partial charge in [0.25, 0.3) is 0 Å². The summed E-state index contributed by atoms with van der Waals surface area (Å²) in [4.78, 5) is 4.26. The molecule has 0 aliphatic rings. The molecule has 3 nitrogen and oxygen atoms in total. The minimum atomic E-state index is -0.607. The number of nitrogens with zero attached hydrogens (tertiary/aromatic N) is 1. The molecule has 0 bridgehead atoms. The van der Waals surface area contributed by atoms with Crippen LogP contribution in [0.2, 0.25) is 10.0 Å². The second-order valence-corrected chi connectivity index (χ2v) is 6.30. The van der Waals surface area contributed by atoms with Gasteiger partial charge in [0.05, 0.1) is 16.4 Å². The molecule has 0 atom stereocenters. The Balaban J connectivity index is 2.14. The Bertz CT molecular complexity index is 938. The highest BCUT2D eigenvalue weighted by atomic mass is 35.5. The number of benzene rings is 2. The lowest BCUT2D eigenvalue weighted by atomic mass is 10.0. The van der Waals surface area contributed by atoms with E-state index >= 15 is 0 Å². The number of nitrogens with two attached hydrogens (primary N) is 1. The normalized spacial score (nSPS) is 10.8. The predicted octanol–water partition coefficient (Wildman–Crippen LogP) is 5.97. The van der Waals surface area contributed by atoms with Gasteiger partial charge in [0.15, 0.2) is 0 Å². The topological polar surface area (TPSA) is 50.9 Å².